The second-order valence-corrected chi connectivity index (χ2v) is 4.84. The van der Waals surface area contributed by atoms with Gasteiger partial charge in [-0.2, -0.15) is 0 Å². The van der Waals surface area contributed by atoms with Gasteiger partial charge in [-0.15, -0.1) is 0 Å². The highest BCUT2D eigenvalue weighted by Crippen LogP contribution is 2.32. The third-order valence-electron chi connectivity index (χ3n) is 3.07. The van der Waals surface area contributed by atoms with Crippen molar-refractivity contribution in [3.63, 3.8) is 0 Å². The standard InChI is InChI=1S/C13H18ClN/c1-10(15-9-8-11-6-7-11)12-4-2-3-5-13(12)14/h2-5,10-11,15H,6-9H2,1H3. The molecule has 2 rings (SSSR count). The molecule has 0 radical (unpaired) electrons. The van der Waals surface area contributed by atoms with Gasteiger partial charge in [-0.3, -0.25) is 0 Å². The van der Waals surface area contributed by atoms with Crippen molar-refractivity contribution in [3.05, 3.63) is 34.9 Å². The van der Waals surface area contributed by atoms with E-state index < -0.39 is 0 Å². The summed E-state index contributed by atoms with van der Waals surface area (Å²) >= 11 is 6.13. The van der Waals surface area contributed by atoms with E-state index in [-0.39, 0.29) is 0 Å². The Hall–Kier alpha value is -0.530. The number of hydrogen-bond acceptors (Lipinski definition) is 1. The van der Waals surface area contributed by atoms with Crippen LogP contribution >= 0.6 is 11.6 Å². The Kier molecular flexibility index (Phi) is 3.66. The molecule has 1 aliphatic rings. The molecule has 1 aromatic carbocycles. The van der Waals surface area contributed by atoms with Crippen molar-refractivity contribution in [1.82, 2.24) is 5.32 Å². The highest BCUT2D eigenvalue weighted by Gasteiger charge is 2.20. The summed E-state index contributed by atoms with van der Waals surface area (Å²) in [6, 6.07) is 8.42. The number of rotatable bonds is 5. The number of hydrogen-bond donors (Lipinski definition) is 1. The Balaban J connectivity index is 1.83. The van der Waals surface area contributed by atoms with Gasteiger partial charge in [0.25, 0.3) is 0 Å². The van der Waals surface area contributed by atoms with Crippen LogP contribution in [0.4, 0.5) is 0 Å². The first-order valence-corrected chi connectivity index (χ1v) is 6.13. The number of benzene rings is 1. The summed E-state index contributed by atoms with van der Waals surface area (Å²) in [5, 5.41) is 4.39. The molecular weight excluding hydrogens is 206 g/mol. The third-order valence-corrected chi connectivity index (χ3v) is 3.42. The third kappa shape index (κ3) is 3.22. The molecule has 1 aromatic rings. The zero-order valence-electron chi connectivity index (χ0n) is 9.17. The lowest BCUT2D eigenvalue weighted by Gasteiger charge is -2.15. The lowest BCUT2D eigenvalue weighted by molar-refractivity contribution is 0.540. The van der Waals surface area contributed by atoms with Crippen LogP contribution in [-0.2, 0) is 0 Å². The molecule has 15 heavy (non-hydrogen) atoms. The van der Waals surface area contributed by atoms with Crippen molar-refractivity contribution in [3.8, 4) is 0 Å². The van der Waals surface area contributed by atoms with Gasteiger partial charge in [0.05, 0.1) is 0 Å². The summed E-state index contributed by atoms with van der Waals surface area (Å²) in [7, 11) is 0. The second kappa shape index (κ2) is 5.00. The normalized spacial score (nSPS) is 17.7. The topological polar surface area (TPSA) is 12.0 Å². The minimum absolute atomic E-state index is 0.359. The fourth-order valence-electron chi connectivity index (χ4n) is 1.85. The first kappa shape index (κ1) is 11.0. The van der Waals surface area contributed by atoms with E-state index >= 15 is 0 Å². The second-order valence-electron chi connectivity index (χ2n) is 4.43. The summed E-state index contributed by atoms with van der Waals surface area (Å²) in [6.45, 7) is 3.28. The molecule has 1 unspecified atom stereocenters. The Morgan fingerprint density at radius 1 is 1.40 bits per heavy atom. The van der Waals surface area contributed by atoms with Crippen LogP contribution in [0.2, 0.25) is 5.02 Å². The van der Waals surface area contributed by atoms with Crippen molar-refractivity contribution in [2.75, 3.05) is 6.54 Å². The van der Waals surface area contributed by atoms with Crippen LogP contribution in [0, 0.1) is 5.92 Å². The van der Waals surface area contributed by atoms with Crippen LogP contribution in [0.25, 0.3) is 0 Å². The fourth-order valence-corrected chi connectivity index (χ4v) is 2.15. The highest BCUT2D eigenvalue weighted by molar-refractivity contribution is 6.31. The lowest BCUT2D eigenvalue weighted by Crippen LogP contribution is -2.20. The maximum atomic E-state index is 6.13. The fraction of sp³-hybridized carbons (Fsp3) is 0.538. The van der Waals surface area contributed by atoms with Crippen LogP contribution in [-0.4, -0.2) is 6.54 Å². The van der Waals surface area contributed by atoms with Crippen LogP contribution in [0.5, 0.6) is 0 Å². The van der Waals surface area contributed by atoms with Crippen LogP contribution < -0.4 is 5.32 Å². The zero-order chi connectivity index (χ0) is 10.7. The van der Waals surface area contributed by atoms with Crippen molar-refractivity contribution < 1.29 is 0 Å². The summed E-state index contributed by atoms with van der Waals surface area (Å²) < 4.78 is 0. The van der Waals surface area contributed by atoms with Crippen LogP contribution in [0.3, 0.4) is 0 Å². The van der Waals surface area contributed by atoms with Crippen molar-refractivity contribution >= 4 is 11.6 Å². The van der Waals surface area contributed by atoms with E-state index in [4.69, 9.17) is 11.6 Å². The molecule has 0 spiro atoms. The molecule has 82 valence electrons. The highest BCUT2D eigenvalue weighted by atomic mass is 35.5. The van der Waals surface area contributed by atoms with Gasteiger partial charge < -0.3 is 5.32 Å². The molecule has 1 saturated carbocycles. The largest absolute Gasteiger partial charge is 0.310 e. The predicted molar refractivity (Wildman–Crippen MR) is 65.2 cm³/mol. The molecule has 1 nitrogen and oxygen atoms in total. The van der Waals surface area contributed by atoms with E-state index in [1.807, 2.05) is 18.2 Å². The lowest BCUT2D eigenvalue weighted by atomic mass is 10.1. The predicted octanol–water partition coefficient (Wildman–Crippen LogP) is 3.79. The van der Waals surface area contributed by atoms with Crippen molar-refractivity contribution in [2.24, 2.45) is 5.92 Å². The monoisotopic (exact) mass is 223 g/mol. The van der Waals surface area contributed by atoms with E-state index in [1.165, 1.54) is 24.8 Å². The Bertz CT molecular complexity index is 320. The van der Waals surface area contributed by atoms with Gasteiger partial charge in [0.2, 0.25) is 0 Å². The minimum Gasteiger partial charge on any atom is -0.310 e. The molecule has 0 saturated heterocycles. The molecule has 2 heteroatoms. The molecule has 1 atom stereocenters. The smallest absolute Gasteiger partial charge is 0.0453 e. The van der Waals surface area contributed by atoms with Crippen molar-refractivity contribution in [1.29, 1.82) is 0 Å². The molecule has 1 N–H and O–H groups in total. The zero-order valence-corrected chi connectivity index (χ0v) is 9.93. The van der Waals surface area contributed by atoms with E-state index in [0.29, 0.717) is 6.04 Å². The summed E-state index contributed by atoms with van der Waals surface area (Å²) in [5.41, 5.74) is 1.20. The van der Waals surface area contributed by atoms with Gasteiger partial charge >= 0.3 is 0 Å². The first-order chi connectivity index (χ1) is 7.27. The molecule has 0 bridgehead atoms. The van der Waals surface area contributed by atoms with Gasteiger partial charge in [0, 0.05) is 11.1 Å². The summed E-state index contributed by atoms with van der Waals surface area (Å²) in [4.78, 5) is 0. The summed E-state index contributed by atoms with van der Waals surface area (Å²) in [6.07, 6.45) is 4.18. The van der Waals surface area contributed by atoms with Crippen LogP contribution in [0.1, 0.15) is 37.8 Å². The van der Waals surface area contributed by atoms with E-state index in [1.54, 1.807) is 0 Å². The maximum Gasteiger partial charge on any atom is 0.0453 e. The molecule has 1 aliphatic carbocycles. The molecule has 0 aromatic heterocycles. The quantitative estimate of drug-likeness (QED) is 0.801. The Morgan fingerprint density at radius 2 is 2.13 bits per heavy atom. The van der Waals surface area contributed by atoms with Gasteiger partial charge in [-0.05, 0) is 37.4 Å². The van der Waals surface area contributed by atoms with Crippen molar-refractivity contribution in [2.45, 2.75) is 32.2 Å². The Labute approximate surface area is 96.8 Å². The molecule has 0 heterocycles. The van der Waals surface area contributed by atoms with E-state index in [2.05, 4.69) is 18.3 Å². The first-order valence-electron chi connectivity index (χ1n) is 5.75. The SMILES string of the molecule is CC(NCCC1CC1)c1ccccc1Cl. The van der Waals surface area contributed by atoms with Crippen LogP contribution in [0.15, 0.2) is 24.3 Å². The Morgan fingerprint density at radius 3 is 2.80 bits per heavy atom. The number of nitrogens with one attached hydrogen (secondary N) is 1. The van der Waals surface area contributed by atoms with E-state index in [0.717, 1.165) is 17.5 Å². The number of halogens is 1. The molecule has 0 aliphatic heterocycles. The average molecular weight is 224 g/mol. The van der Waals surface area contributed by atoms with Gasteiger partial charge in [0.15, 0.2) is 0 Å². The van der Waals surface area contributed by atoms with Gasteiger partial charge in [-0.1, -0.05) is 42.6 Å². The molecule has 1 fully saturated rings. The minimum atomic E-state index is 0.359. The average Bonchev–Trinajstić information content (AvgIpc) is 3.02. The van der Waals surface area contributed by atoms with E-state index in [9.17, 15) is 0 Å². The molecule has 0 amide bonds. The van der Waals surface area contributed by atoms with Gasteiger partial charge in [0.1, 0.15) is 0 Å². The van der Waals surface area contributed by atoms with Gasteiger partial charge in [-0.25, -0.2) is 0 Å². The maximum absolute atomic E-state index is 6.13. The summed E-state index contributed by atoms with van der Waals surface area (Å²) in [5.74, 6) is 0.996. The molecular formula is C13H18ClN.